The molecule has 20 heavy (non-hydrogen) atoms. The van der Waals surface area contributed by atoms with E-state index in [1.54, 1.807) is 14.2 Å². The van der Waals surface area contributed by atoms with E-state index >= 15 is 0 Å². The number of rotatable bonds is 4. The van der Waals surface area contributed by atoms with Crippen molar-refractivity contribution in [3.8, 4) is 11.5 Å². The maximum absolute atomic E-state index is 6.78. The van der Waals surface area contributed by atoms with E-state index in [0.29, 0.717) is 5.92 Å². The molecule has 0 heterocycles. The summed E-state index contributed by atoms with van der Waals surface area (Å²) in [6.45, 7) is 9.10. The molecule has 1 unspecified atom stereocenters. The van der Waals surface area contributed by atoms with Crippen molar-refractivity contribution in [2.24, 2.45) is 16.7 Å². The number of alkyl halides is 1. The molecule has 2 nitrogen and oxygen atoms in total. The average Bonchev–Trinajstić information content (AvgIpc) is 2.78. The first-order valence-electron chi connectivity index (χ1n) is 6.74. The van der Waals surface area contributed by atoms with Gasteiger partial charge in [-0.1, -0.05) is 33.8 Å². The van der Waals surface area contributed by atoms with Gasteiger partial charge in [0.2, 0.25) is 0 Å². The van der Waals surface area contributed by atoms with Crippen molar-refractivity contribution in [1.29, 1.82) is 0 Å². The van der Waals surface area contributed by atoms with Gasteiger partial charge in [0.1, 0.15) is 16.0 Å². The monoisotopic (exact) mass is 360 g/mol. The van der Waals surface area contributed by atoms with Crippen LogP contribution in [0.2, 0.25) is 0 Å². The first-order chi connectivity index (χ1) is 9.20. The Hall–Kier alpha value is -0.410. The summed E-state index contributed by atoms with van der Waals surface area (Å²) < 4.78 is 11.7. The van der Waals surface area contributed by atoms with E-state index in [1.807, 2.05) is 12.1 Å². The summed E-state index contributed by atoms with van der Waals surface area (Å²) in [6.07, 6.45) is 0. The standard InChI is InChI=1S/C16H22BrClO2/c1-15(2)14(16(15,3)4)12(18)9-7-8-10(19-5)11(17)13(9)20-6/h7-8,12,14H,1-6H3. The molecule has 1 aliphatic carbocycles. The van der Waals surface area contributed by atoms with Gasteiger partial charge in [-0.05, 0) is 38.7 Å². The molecule has 1 saturated carbocycles. The number of benzene rings is 1. The fourth-order valence-corrected chi connectivity index (χ4v) is 4.78. The van der Waals surface area contributed by atoms with Gasteiger partial charge < -0.3 is 9.47 Å². The highest BCUT2D eigenvalue weighted by Crippen LogP contribution is 2.74. The van der Waals surface area contributed by atoms with Gasteiger partial charge >= 0.3 is 0 Å². The smallest absolute Gasteiger partial charge is 0.141 e. The molecule has 0 aliphatic heterocycles. The highest BCUT2D eigenvalue weighted by molar-refractivity contribution is 9.10. The van der Waals surface area contributed by atoms with E-state index in [1.165, 1.54) is 0 Å². The Balaban J connectivity index is 2.42. The number of ether oxygens (including phenoxy) is 2. The predicted molar refractivity (Wildman–Crippen MR) is 86.9 cm³/mol. The number of hydrogen-bond acceptors (Lipinski definition) is 2. The molecule has 0 amide bonds. The Kier molecular flexibility index (Phi) is 4.07. The van der Waals surface area contributed by atoms with E-state index in [-0.39, 0.29) is 16.2 Å². The van der Waals surface area contributed by atoms with Crippen molar-refractivity contribution in [3.05, 3.63) is 22.2 Å². The Morgan fingerprint density at radius 3 is 2.05 bits per heavy atom. The Morgan fingerprint density at radius 1 is 1.10 bits per heavy atom. The van der Waals surface area contributed by atoms with Crippen molar-refractivity contribution >= 4 is 27.5 Å². The minimum atomic E-state index is -0.0721. The van der Waals surface area contributed by atoms with Crippen molar-refractivity contribution in [2.45, 2.75) is 33.1 Å². The normalized spacial score (nSPS) is 21.4. The number of hydrogen-bond donors (Lipinski definition) is 0. The van der Waals surface area contributed by atoms with Crippen LogP contribution in [0.25, 0.3) is 0 Å². The van der Waals surface area contributed by atoms with Crippen molar-refractivity contribution in [3.63, 3.8) is 0 Å². The molecule has 2 rings (SSSR count). The van der Waals surface area contributed by atoms with Gasteiger partial charge in [-0.15, -0.1) is 11.6 Å². The van der Waals surface area contributed by atoms with Crippen LogP contribution in [0.4, 0.5) is 0 Å². The molecule has 0 saturated heterocycles. The zero-order chi connectivity index (χ0) is 15.3. The van der Waals surface area contributed by atoms with Gasteiger partial charge in [0.15, 0.2) is 0 Å². The number of halogens is 2. The molecule has 4 heteroatoms. The third-order valence-corrected chi connectivity index (χ3v) is 6.48. The van der Waals surface area contributed by atoms with Crippen LogP contribution < -0.4 is 9.47 Å². The van der Waals surface area contributed by atoms with Crippen LogP contribution in [0.1, 0.15) is 38.6 Å². The van der Waals surface area contributed by atoms with Crippen LogP contribution >= 0.6 is 27.5 Å². The second kappa shape index (κ2) is 5.10. The molecule has 1 atom stereocenters. The molecule has 0 bridgehead atoms. The van der Waals surface area contributed by atoms with Gasteiger partial charge in [-0.3, -0.25) is 0 Å². The highest BCUT2D eigenvalue weighted by Gasteiger charge is 2.67. The van der Waals surface area contributed by atoms with E-state index in [2.05, 4.69) is 43.6 Å². The summed E-state index contributed by atoms with van der Waals surface area (Å²) in [5.41, 5.74) is 1.48. The molecule has 1 aliphatic rings. The lowest BCUT2D eigenvalue weighted by Gasteiger charge is -2.18. The van der Waals surface area contributed by atoms with Gasteiger partial charge in [0.05, 0.1) is 19.6 Å². The first-order valence-corrected chi connectivity index (χ1v) is 7.97. The fraction of sp³-hybridized carbons (Fsp3) is 0.625. The molecular weight excluding hydrogens is 340 g/mol. The summed E-state index contributed by atoms with van der Waals surface area (Å²) in [6, 6.07) is 3.93. The predicted octanol–water partition coefficient (Wildman–Crippen LogP) is 5.43. The van der Waals surface area contributed by atoms with E-state index < -0.39 is 0 Å². The van der Waals surface area contributed by atoms with Crippen LogP contribution in [0.5, 0.6) is 11.5 Å². The SMILES string of the molecule is COc1ccc(C(Cl)C2C(C)(C)C2(C)C)c(OC)c1Br. The van der Waals surface area contributed by atoms with Gasteiger partial charge in [0.25, 0.3) is 0 Å². The second-order valence-electron chi connectivity index (χ2n) is 6.53. The average molecular weight is 362 g/mol. The first kappa shape index (κ1) is 16.0. The molecule has 112 valence electrons. The summed E-state index contributed by atoms with van der Waals surface area (Å²) in [4.78, 5) is 0. The van der Waals surface area contributed by atoms with E-state index in [9.17, 15) is 0 Å². The summed E-state index contributed by atoms with van der Waals surface area (Å²) >= 11 is 10.3. The van der Waals surface area contributed by atoms with Crippen LogP contribution in [-0.2, 0) is 0 Å². The minimum Gasteiger partial charge on any atom is -0.495 e. The third-order valence-electron chi connectivity index (χ3n) is 5.24. The highest BCUT2D eigenvalue weighted by atomic mass is 79.9. The van der Waals surface area contributed by atoms with Crippen LogP contribution in [-0.4, -0.2) is 14.2 Å². The summed E-state index contributed by atoms with van der Waals surface area (Å²) in [5, 5.41) is -0.0721. The Morgan fingerprint density at radius 2 is 1.65 bits per heavy atom. The maximum atomic E-state index is 6.78. The molecule has 0 radical (unpaired) electrons. The molecule has 1 aromatic rings. The van der Waals surface area contributed by atoms with Crippen LogP contribution in [0, 0.1) is 16.7 Å². The quantitative estimate of drug-likeness (QED) is 0.666. The van der Waals surface area contributed by atoms with Crippen molar-refractivity contribution < 1.29 is 9.47 Å². The maximum Gasteiger partial charge on any atom is 0.141 e. The molecule has 0 spiro atoms. The zero-order valence-corrected chi connectivity index (χ0v) is 15.2. The molecule has 1 aromatic carbocycles. The molecular formula is C16H22BrClO2. The summed E-state index contributed by atoms with van der Waals surface area (Å²) in [5.74, 6) is 1.94. The largest absolute Gasteiger partial charge is 0.495 e. The minimum absolute atomic E-state index is 0.0721. The lowest BCUT2D eigenvalue weighted by atomic mass is 10.0. The molecule has 0 N–H and O–H groups in total. The Labute approximate surface area is 134 Å². The van der Waals surface area contributed by atoms with Gasteiger partial charge in [0, 0.05) is 5.56 Å². The number of methoxy groups -OCH3 is 2. The van der Waals surface area contributed by atoms with Crippen LogP contribution in [0.15, 0.2) is 16.6 Å². The molecule has 1 fully saturated rings. The molecule has 0 aromatic heterocycles. The third kappa shape index (κ3) is 2.14. The Bertz CT molecular complexity index is 511. The second-order valence-corrected chi connectivity index (χ2v) is 7.79. The zero-order valence-electron chi connectivity index (χ0n) is 12.9. The van der Waals surface area contributed by atoms with E-state index in [4.69, 9.17) is 21.1 Å². The lowest BCUT2D eigenvalue weighted by molar-refractivity contribution is 0.383. The van der Waals surface area contributed by atoms with Crippen LogP contribution in [0.3, 0.4) is 0 Å². The fourth-order valence-electron chi connectivity index (χ4n) is 3.29. The van der Waals surface area contributed by atoms with Gasteiger partial charge in [-0.2, -0.15) is 0 Å². The van der Waals surface area contributed by atoms with Gasteiger partial charge in [-0.25, -0.2) is 0 Å². The topological polar surface area (TPSA) is 18.5 Å². The van der Waals surface area contributed by atoms with E-state index in [0.717, 1.165) is 21.5 Å². The summed E-state index contributed by atoms with van der Waals surface area (Å²) in [7, 11) is 3.31. The lowest BCUT2D eigenvalue weighted by Crippen LogP contribution is -2.03. The van der Waals surface area contributed by atoms with Crippen molar-refractivity contribution in [2.75, 3.05) is 14.2 Å². The van der Waals surface area contributed by atoms with Crippen molar-refractivity contribution in [1.82, 2.24) is 0 Å².